The minimum absolute atomic E-state index is 0.0254. The maximum absolute atomic E-state index is 14.6. The lowest BCUT2D eigenvalue weighted by Gasteiger charge is -2.12. The number of benzene rings is 3. The molecule has 0 aliphatic rings. The molecule has 0 bridgehead atoms. The molecule has 9 heteroatoms. The quantitative estimate of drug-likeness (QED) is 0.252. The molecular formula is C24H19F2N3O3S. The van der Waals surface area contributed by atoms with Crippen LogP contribution < -0.4 is 9.47 Å². The van der Waals surface area contributed by atoms with Crippen LogP contribution in [-0.2, 0) is 6.61 Å². The van der Waals surface area contributed by atoms with Gasteiger partial charge < -0.3 is 9.47 Å². The van der Waals surface area contributed by atoms with Crippen molar-refractivity contribution in [1.29, 1.82) is 0 Å². The Morgan fingerprint density at radius 3 is 2.33 bits per heavy atom. The molecule has 1 aromatic heterocycles. The van der Waals surface area contributed by atoms with Crippen LogP contribution in [-0.4, -0.2) is 33.4 Å². The summed E-state index contributed by atoms with van der Waals surface area (Å²) >= 11 is 1.11. The van der Waals surface area contributed by atoms with E-state index >= 15 is 0 Å². The van der Waals surface area contributed by atoms with Gasteiger partial charge in [-0.3, -0.25) is 9.36 Å². The lowest BCUT2D eigenvalue weighted by molar-refractivity contribution is 0.102. The first-order valence-corrected chi connectivity index (χ1v) is 10.9. The van der Waals surface area contributed by atoms with E-state index in [9.17, 15) is 13.6 Å². The summed E-state index contributed by atoms with van der Waals surface area (Å²) in [5.74, 6) is 0.583. The van der Waals surface area contributed by atoms with Gasteiger partial charge in [0.15, 0.2) is 16.8 Å². The summed E-state index contributed by atoms with van der Waals surface area (Å²) in [6, 6.07) is 18.6. The SMILES string of the molecule is COc1ccc(OCc2nnc(SCC(=O)c3ccc(F)cc3)n2-c2ccccc2F)cc1. The van der Waals surface area contributed by atoms with E-state index in [4.69, 9.17) is 9.47 Å². The average Bonchev–Trinajstić information content (AvgIpc) is 3.24. The number of thioether (sulfide) groups is 1. The molecule has 0 N–H and O–H groups in total. The third-order valence-electron chi connectivity index (χ3n) is 4.72. The van der Waals surface area contributed by atoms with Crippen LogP contribution in [0.1, 0.15) is 16.2 Å². The summed E-state index contributed by atoms with van der Waals surface area (Å²) in [4.78, 5) is 12.5. The van der Waals surface area contributed by atoms with Crippen LogP contribution in [0.3, 0.4) is 0 Å². The average molecular weight is 467 g/mol. The molecule has 0 amide bonds. The molecule has 0 aliphatic heterocycles. The smallest absolute Gasteiger partial charge is 0.196 e. The highest BCUT2D eigenvalue weighted by Gasteiger charge is 2.19. The van der Waals surface area contributed by atoms with Gasteiger partial charge in [0.25, 0.3) is 0 Å². The number of hydrogen-bond donors (Lipinski definition) is 0. The summed E-state index contributed by atoms with van der Waals surface area (Å²) in [7, 11) is 1.58. The maximum atomic E-state index is 14.6. The molecular weight excluding hydrogens is 448 g/mol. The van der Waals surface area contributed by atoms with Gasteiger partial charge in [-0.15, -0.1) is 10.2 Å². The van der Waals surface area contributed by atoms with Crippen LogP contribution >= 0.6 is 11.8 Å². The molecule has 0 saturated carbocycles. The molecule has 33 heavy (non-hydrogen) atoms. The predicted octanol–water partition coefficient (Wildman–Crippen LogP) is 5.11. The summed E-state index contributed by atoms with van der Waals surface area (Å²) < 4.78 is 40.2. The van der Waals surface area contributed by atoms with Crippen LogP contribution in [0.25, 0.3) is 5.69 Å². The number of Topliss-reactive ketones (excluding diaryl/α,β-unsaturated/α-hetero) is 1. The molecule has 0 aliphatic carbocycles. The molecule has 0 spiro atoms. The molecule has 168 valence electrons. The molecule has 0 fully saturated rings. The highest BCUT2D eigenvalue weighted by atomic mass is 32.2. The number of nitrogens with zero attached hydrogens (tertiary/aromatic N) is 3. The summed E-state index contributed by atoms with van der Waals surface area (Å²) in [5, 5.41) is 8.65. The number of carbonyl (C=O) groups is 1. The van der Waals surface area contributed by atoms with E-state index in [0.717, 1.165) is 11.8 Å². The highest BCUT2D eigenvalue weighted by molar-refractivity contribution is 7.99. The molecule has 6 nitrogen and oxygen atoms in total. The van der Waals surface area contributed by atoms with Crippen LogP contribution in [0.5, 0.6) is 11.5 Å². The zero-order chi connectivity index (χ0) is 23.2. The van der Waals surface area contributed by atoms with Gasteiger partial charge in [0.2, 0.25) is 0 Å². The van der Waals surface area contributed by atoms with Crippen molar-refractivity contribution in [1.82, 2.24) is 14.8 Å². The van der Waals surface area contributed by atoms with Crippen molar-refractivity contribution < 1.29 is 23.0 Å². The minimum atomic E-state index is -0.463. The Hall–Kier alpha value is -3.72. The number of rotatable bonds is 9. The summed E-state index contributed by atoms with van der Waals surface area (Å²) in [6.07, 6.45) is 0. The molecule has 3 aromatic carbocycles. The monoisotopic (exact) mass is 467 g/mol. The van der Waals surface area contributed by atoms with Gasteiger partial charge in [0, 0.05) is 5.56 Å². The molecule has 1 heterocycles. The molecule has 4 rings (SSSR count). The fourth-order valence-electron chi connectivity index (χ4n) is 3.03. The standard InChI is InChI=1S/C24H19F2N3O3S/c1-31-18-10-12-19(13-11-18)32-14-23-27-28-24(29(23)21-5-3-2-4-20(21)26)33-15-22(30)16-6-8-17(25)9-7-16/h2-13H,14-15H2,1H3. The van der Waals surface area contributed by atoms with Crippen LogP contribution in [0.15, 0.2) is 78.0 Å². The van der Waals surface area contributed by atoms with Crippen molar-refractivity contribution in [2.24, 2.45) is 0 Å². The Kier molecular flexibility index (Phi) is 6.99. The van der Waals surface area contributed by atoms with Crippen molar-refractivity contribution in [2.45, 2.75) is 11.8 Å². The second-order valence-electron chi connectivity index (χ2n) is 6.87. The van der Waals surface area contributed by atoms with E-state index < -0.39 is 11.6 Å². The Balaban J connectivity index is 1.56. The first-order chi connectivity index (χ1) is 16.0. The summed E-state index contributed by atoms with van der Waals surface area (Å²) in [5.41, 5.74) is 0.622. The third kappa shape index (κ3) is 5.38. The Morgan fingerprint density at radius 2 is 1.64 bits per heavy atom. The Morgan fingerprint density at radius 1 is 0.939 bits per heavy atom. The molecule has 0 atom stereocenters. The number of methoxy groups -OCH3 is 1. The van der Waals surface area contributed by atoms with E-state index in [2.05, 4.69) is 10.2 Å². The number of hydrogen-bond acceptors (Lipinski definition) is 6. The van der Waals surface area contributed by atoms with Gasteiger partial charge >= 0.3 is 0 Å². The number of ketones is 1. The number of aromatic nitrogens is 3. The van der Waals surface area contributed by atoms with E-state index in [1.165, 1.54) is 34.9 Å². The van der Waals surface area contributed by atoms with Gasteiger partial charge in [-0.2, -0.15) is 0 Å². The van der Waals surface area contributed by atoms with Crippen molar-refractivity contribution in [3.63, 3.8) is 0 Å². The zero-order valence-electron chi connectivity index (χ0n) is 17.6. The first-order valence-electron chi connectivity index (χ1n) is 9.93. The minimum Gasteiger partial charge on any atom is -0.497 e. The fraction of sp³-hybridized carbons (Fsp3) is 0.125. The van der Waals surface area contributed by atoms with Crippen molar-refractivity contribution in [3.05, 3.63) is 95.8 Å². The van der Waals surface area contributed by atoms with Gasteiger partial charge in [-0.1, -0.05) is 23.9 Å². The van der Waals surface area contributed by atoms with E-state index in [1.54, 1.807) is 49.6 Å². The van der Waals surface area contributed by atoms with Gasteiger partial charge in [0.1, 0.15) is 29.7 Å². The van der Waals surface area contributed by atoms with Crippen molar-refractivity contribution in [2.75, 3.05) is 12.9 Å². The van der Waals surface area contributed by atoms with Crippen LogP contribution in [0.2, 0.25) is 0 Å². The highest BCUT2D eigenvalue weighted by Crippen LogP contribution is 2.26. The normalized spacial score (nSPS) is 10.8. The second-order valence-corrected chi connectivity index (χ2v) is 7.81. The lowest BCUT2D eigenvalue weighted by Crippen LogP contribution is -2.09. The van der Waals surface area contributed by atoms with Gasteiger partial charge in [-0.25, -0.2) is 8.78 Å². The lowest BCUT2D eigenvalue weighted by atomic mass is 10.1. The Labute approximate surface area is 193 Å². The van der Waals surface area contributed by atoms with E-state index in [1.807, 2.05) is 0 Å². The number of halogens is 2. The molecule has 0 radical (unpaired) electrons. The van der Waals surface area contributed by atoms with Gasteiger partial charge in [0.05, 0.1) is 18.6 Å². The molecule has 0 saturated heterocycles. The van der Waals surface area contributed by atoms with Crippen LogP contribution in [0.4, 0.5) is 8.78 Å². The van der Waals surface area contributed by atoms with Crippen molar-refractivity contribution in [3.8, 4) is 17.2 Å². The van der Waals surface area contributed by atoms with Crippen LogP contribution in [0, 0.1) is 11.6 Å². The third-order valence-corrected chi connectivity index (χ3v) is 5.65. The summed E-state index contributed by atoms with van der Waals surface area (Å²) in [6.45, 7) is 0.0279. The topological polar surface area (TPSA) is 66.2 Å². The largest absolute Gasteiger partial charge is 0.497 e. The van der Waals surface area contributed by atoms with Crippen molar-refractivity contribution >= 4 is 17.5 Å². The number of carbonyl (C=O) groups excluding carboxylic acids is 1. The molecule has 4 aromatic rings. The number of para-hydroxylation sites is 1. The van der Waals surface area contributed by atoms with Gasteiger partial charge in [-0.05, 0) is 60.7 Å². The van der Waals surface area contributed by atoms with E-state index in [0.29, 0.717) is 28.0 Å². The van der Waals surface area contributed by atoms with E-state index in [-0.39, 0.29) is 23.8 Å². The zero-order valence-corrected chi connectivity index (χ0v) is 18.4. The fourth-order valence-corrected chi connectivity index (χ4v) is 3.89. The maximum Gasteiger partial charge on any atom is 0.196 e. The second kappa shape index (κ2) is 10.3. The Bertz CT molecular complexity index is 1240. The predicted molar refractivity (Wildman–Crippen MR) is 120 cm³/mol. The first kappa shape index (κ1) is 22.5. The molecule has 0 unspecified atom stereocenters. The number of ether oxygens (including phenoxy) is 2.